The Balaban J connectivity index is 1.73. The van der Waals surface area contributed by atoms with Gasteiger partial charge in [0.2, 0.25) is 0 Å². The summed E-state index contributed by atoms with van der Waals surface area (Å²) in [5.41, 5.74) is 9.44. The van der Waals surface area contributed by atoms with Crippen molar-refractivity contribution in [2.75, 3.05) is 6.61 Å². The smallest absolute Gasteiger partial charge is 0.131 e. The quantitative estimate of drug-likeness (QED) is 0.919. The van der Waals surface area contributed by atoms with E-state index in [1.165, 1.54) is 5.56 Å². The molecule has 1 atom stereocenters. The van der Waals surface area contributed by atoms with E-state index >= 15 is 0 Å². The molecule has 0 fully saturated rings. The summed E-state index contributed by atoms with van der Waals surface area (Å²) in [5.74, 6) is 2.24. The van der Waals surface area contributed by atoms with Crippen molar-refractivity contribution in [3.63, 3.8) is 0 Å². The van der Waals surface area contributed by atoms with Gasteiger partial charge in [0.25, 0.3) is 0 Å². The van der Waals surface area contributed by atoms with Crippen LogP contribution in [0, 0.1) is 5.92 Å². The highest BCUT2D eigenvalue weighted by atomic mass is 16.5. The second-order valence-electron chi connectivity index (χ2n) is 6.18. The standard InChI is InChI=1S/C18H22N2O2/c1-12(2)7-14(19)11-21-15-3-4-17-16-5-6-20-9-13(16)10-22-18(17)8-15/h3-6,8-9,12,14H,7,10-11,19H2,1-2H3/t14-/m1/s1. The molecule has 2 N–H and O–H groups in total. The maximum absolute atomic E-state index is 6.06. The van der Waals surface area contributed by atoms with Crippen molar-refractivity contribution in [3.8, 4) is 22.6 Å². The third kappa shape index (κ3) is 3.22. The SMILES string of the molecule is CC(C)C[C@@H](N)COc1ccc2c(c1)OCc1cnccc1-2. The van der Waals surface area contributed by atoms with Crippen LogP contribution in [0.5, 0.6) is 11.5 Å². The van der Waals surface area contributed by atoms with Gasteiger partial charge in [-0.15, -0.1) is 0 Å². The molecule has 4 heteroatoms. The minimum atomic E-state index is 0.0590. The molecule has 0 radical (unpaired) electrons. The third-order valence-corrected chi connectivity index (χ3v) is 3.77. The van der Waals surface area contributed by atoms with Gasteiger partial charge in [0.1, 0.15) is 24.7 Å². The fourth-order valence-corrected chi connectivity index (χ4v) is 2.77. The van der Waals surface area contributed by atoms with Gasteiger partial charge in [-0.2, -0.15) is 0 Å². The number of hydrogen-bond donors (Lipinski definition) is 1. The number of benzene rings is 1. The summed E-state index contributed by atoms with van der Waals surface area (Å²) in [7, 11) is 0. The summed E-state index contributed by atoms with van der Waals surface area (Å²) in [4.78, 5) is 4.14. The number of hydrogen-bond acceptors (Lipinski definition) is 4. The molecule has 2 heterocycles. The number of aromatic nitrogens is 1. The zero-order chi connectivity index (χ0) is 15.5. The highest BCUT2D eigenvalue weighted by Gasteiger charge is 2.18. The van der Waals surface area contributed by atoms with Crippen LogP contribution < -0.4 is 15.2 Å². The molecule has 22 heavy (non-hydrogen) atoms. The van der Waals surface area contributed by atoms with Crippen LogP contribution in [0.1, 0.15) is 25.8 Å². The van der Waals surface area contributed by atoms with Gasteiger partial charge >= 0.3 is 0 Å². The first kappa shape index (κ1) is 14.9. The van der Waals surface area contributed by atoms with Crippen LogP contribution >= 0.6 is 0 Å². The normalized spacial score (nSPS) is 14.0. The average molecular weight is 298 g/mol. The maximum atomic E-state index is 6.06. The molecule has 3 rings (SSSR count). The average Bonchev–Trinajstić information content (AvgIpc) is 2.52. The van der Waals surface area contributed by atoms with Gasteiger partial charge in [-0.25, -0.2) is 0 Å². The Hall–Kier alpha value is -2.07. The second-order valence-corrected chi connectivity index (χ2v) is 6.18. The van der Waals surface area contributed by atoms with Crippen molar-refractivity contribution in [1.82, 2.24) is 4.98 Å². The van der Waals surface area contributed by atoms with E-state index in [2.05, 4.69) is 18.8 Å². The van der Waals surface area contributed by atoms with Crippen LogP contribution in [-0.4, -0.2) is 17.6 Å². The minimum absolute atomic E-state index is 0.0590. The van der Waals surface area contributed by atoms with Gasteiger partial charge in [0, 0.05) is 35.6 Å². The van der Waals surface area contributed by atoms with Crippen molar-refractivity contribution in [2.45, 2.75) is 32.9 Å². The summed E-state index contributed by atoms with van der Waals surface area (Å²) in [5, 5.41) is 0. The molecule has 0 aliphatic carbocycles. The monoisotopic (exact) mass is 298 g/mol. The van der Waals surface area contributed by atoms with Gasteiger partial charge in [-0.1, -0.05) is 13.8 Å². The fourth-order valence-electron chi connectivity index (χ4n) is 2.77. The van der Waals surface area contributed by atoms with Crippen LogP contribution in [0.2, 0.25) is 0 Å². The molecule has 4 nitrogen and oxygen atoms in total. The van der Waals surface area contributed by atoms with Gasteiger partial charge in [0.05, 0.1) is 0 Å². The van der Waals surface area contributed by atoms with E-state index in [1.54, 1.807) is 0 Å². The van der Waals surface area contributed by atoms with Gasteiger partial charge in [0.15, 0.2) is 0 Å². The molecule has 1 aromatic heterocycles. The van der Waals surface area contributed by atoms with Gasteiger partial charge < -0.3 is 15.2 Å². The summed E-state index contributed by atoms with van der Waals surface area (Å²) >= 11 is 0. The Labute approximate surface area is 131 Å². The lowest BCUT2D eigenvalue weighted by Crippen LogP contribution is -2.29. The first-order valence-electron chi connectivity index (χ1n) is 7.72. The molecule has 0 amide bonds. The Bertz CT molecular complexity index is 655. The molecule has 2 aromatic rings. The minimum Gasteiger partial charge on any atom is -0.492 e. The molecule has 0 bridgehead atoms. The largest absolute Gasteiger partial charge is 0.492 e. The van der Waals surface area contributed by atoms with Crippen LogP contribution in [0.3, 0.4) is 0 Å². The zero-order valence-corrected chi connectivity index (χ0v) is 13.1. The lowest BCUT2D eigenvalue weighted by atomic mass is 9.99. The summed E-state index contributed by atoms with van der Waals surface area (Å²) in [6.45, 7) is 5.40. The Morgan fingerprint density at radius 2 is 2.14 bits per heavy atom. The summed E-state index contributed by atoms with van der Waals surface area (Å²) in [6.07, 6.45) is 4.62. The van der Waals surface area contributed by atoms with E-state index in [0.717, 1.165) is 29.0 Å². The van der Waals surface area contributed by atoms with Gasteiger partial charge in [-0.05, 0) is 36.1 Å². The molecular formula is C18H22N2O2. The van der Waals surface area contributed by atoms with Crippen LogP contribution in [0.25, 0.3) is 11.1 Å². The van der Waals surface area contributed by atoms with Crippen molar-refractivity contribution < 1.29 is 9.47 Å². The van der Waals surface area contributed by atoms with E-state index in [0.29, 0.717) is 19.1 Å². The van der Waals surface area contributed by atoms with E-state index in [-0.39, 0.29) is 6.04 Å². The molecule has 1 aliphatic heterocycles. The van der Waals surface area contributed by atoms with Crippen molar-refractivity contribution in [1.29, 1.82) is 0 Å². The number of rotatable bonds is 5. The van der Waals surface area contributed by atoms with Crippen LogP contribution in [-0.2, 0) is 6.61 Å². The number of fused-ring (bicyclic) bond motifs is 3. The molecular weight excluding hydrogens is 276 g/mol. The van der Waals surface area contributed by atoms with Crippen LogP contribution in [0.15, 0.2) is 36.7 Å². The molecule has 0 saturated carbocycles. The number of pyridine rings is 1. The van der Waals surface area contributed by atoms with Crippen molar-refractivity contribution in [2.24, 2.45) is 11.7 Å². The molecule has 0 spiro atoms. The predicted octanol–water partition coefficient (Wildman–Crippen LogP) is 3.39. The van der Waals surface area contributed by atoms with Crippen molar-refractivity contribution in [3.05, 3.63) is 42.2 Å². The first-order valence-corrected chi connectivity index (χ1v) is 7.72. The van der Waals surface area contributed by atoms with E-state index < -0.39 is 0 Å². The fraction of sp³-hybridized carbons (Fsp3) is 0.389. The summed E-state index contributed by atoms with van der Waals surface area (Å²) in [6, 6.07) is 8.04. The molecule has 116 valence electrons. The Kier molecular flexibility index (Phi) is 4.29. The van der Waals surface area contributed by atoms with Crippen LogP contribution in [0.4, 0.5) is 0 Å². The van der Waals surface area contributed by atoms with Gasteiger partial charge in [-0.3, -0.25) is 4.98 Å². The molecule has 0 unspecified atom stereocenters. The third-order valence-electron chi connectivity index (χ3n) is 3.77. The second kappa shape index (κ2) is 6.36. The highest BCUT2D eigenvalue weighted by Crippen LogP contribution is 2.39. The Morgan fingerprint density at radius 1 is 1.27 bits per heavy atom. The first-order chi connectivity index (χ1) is 10.6. The topological polar surface area (TPSA) is 57.4 Å². The molecule has 1 aliphatic rings. The van der Waals surface area contributed by atoms with E-state index in [4.69, 9.17) is 15.2 Å². The highest BCUT2D eigenvalue weighted by molar-refractivity contribution is 5.75. The van der Waals surface area contributed by atoms with E-state index in [9.17, 15) is 0 Å². The molecule has 1 aromatic carbocycles. The van der Waals surface area contributed by atoms with E-state index in [1.807, 2.05) is 36.7 Å². The summed E-state index contributed by atoms with van der Waals surface area (Å²) < 4.78 is 11.6. The number of nitrogens with zero attached hydrogens (tertiary/aromatic N) is 1. The number of nitrogens with two attached hydrogens (primary N) is 1. The predicted molar refractivity (Wildman–Crippen MR) is 86.9 cm³/mol. The zero-order valence-electron chi connectivity index (χ0n) is 13.1. The molecule has 0 saturated heterocycles. The lowest BCUT2D eigenvalue weighted by Gasteiger charge is -2.21. The maximum Gasteiger partial charge on any atom is 0.131 e. The Morgan fingerprint density at radius 3 is 2.95 bits per heavy atom. The number of ether oxygens (including phenoxy) is 2. The lowest BCUT2D eigenvalue weighted by molar-refractivity contribution is 0.265. The van der Waals surface area contributed by atoms with Crippen molar-refractivity contribution >= 4 is 0 Å².